The summed E-state index contributed by atoms with van der Waals surface area (Å²) in [4.78, 5) is 5.61. The van der Waals surface area contributed by atoms with E-state index in [0.717, 1.165) is 28.5 Å². The van der Waals surface area contributed by atoms with Crippen molar-refractivity contribution in [2.75, 3.05) is 0 Å². The van der Waals surface area contributed by atoms with Crippen LogP contribution in [0.4, 0.5) is 0 Å². The van der Waals surface area contributed by atoms with Gasteiger partial charge in [0, 0.05) is 0 Å². The first kappa shape index (κ1) is 13.6. The van der Waals surface area contributed by atoms with Crippen LogP contribution in [0.2, 0.25) is 0 Å². The summed E-state index contributed by atoms with van der Waals surface area (Å²) in [6.45, 7) is 2.38. The lowest BCUT2D eigenvalue weighted by atomic mass is 10.1. The SMILES string of the molecule is Cc1oc(-c2cccs2)nc1COc1ccc2c(c1)CCC2. The Bertz CT molecular complexity index is 790. The average molecular weight is 311 g/mol. The first-order valence-corrected chi connectivity index (χ1v) is 8.42. The molecule has 0 saturated carbocycles. The Kier molecular flexibility index (Phi) is 3.47. The second-order valence-electron chi connectivity index (χ2n) is 5.57. The van der Waals surface area contributed by atoms with Crippen molar-refractivity contribution in [3.63, 3.8) is 0 Å². The maximum Gasteiger partial charge on any atom is 0.236 e. The molecule has 22 heavy (non-hydrogen) atoms. The molecule has 0 atom stereocenters. The van der Waals surface area contributed by atoms with Gasteiger partial charge >= 0.3 is 0 Å². The van der Waals surface area contributed by atoms with E-state index >= 15 is 0 Å². The minimum absolute atomic E-state index is 0.444. The lowest BCUT2D eigenvalue weighted by Crippen LogP contribution is -1.98. The van der Waals surface area contributed by atoms with Crippen molar-refractivity contribution in [1.82, 2.24) is 4.98 Å². The Morgan fingerprint density at radius 3 is 3.00 bits per heavy atom. The fraction of sp³-hybridized carbons (Fsp3) is 0.278. The van der Waals surface area contributed by atoms with Crippen molar-refractivity contribution in [2.45, 2.75) is 32.8 Å². The molecule has 0 N–H and O–H groups in total. The third-order valence-electron chi connectivity index (χ3n) is 4.07. The molecule has 1 aliphatic carbocycles. The van der Waals surface area contributed by atoms with E-state index in [1.807, 2.05) is 24.4 Å². The van der Waals surface area contributed by atoms with E-state index in [-0.39, 0.29) is 0 Å². The molecule has 1 aliphatic rings. The van der Waals surface area contributed by atoms with E-state index in [1.54, 1.807) is 11.3 Å². The number of aryl methyl sites for hydroxylation is 3. The predicted octanol–water partition coefficient (Wildman–Crippen LogP) is 4.78. The van der Waals surface area contributed by atoms with Crippen LogP contribution in [0, 0.1) is 6.92 Å². The summed E-state index contributed by atoms with van der Waals surface area (Å²) in [5, 5.41) is 2.02. The van der Waals surface area contributed by atoms with Gasteiger partial charge in [0.2, 0.25) is 5.89 Å². The van der Waals surface area contributed by atoms with E-state index < -0.39 is 0 Å². The zero-order valence-electron chi connectivity index (χ0n) is 12.5. The van der Waals surface area contributed by atoms with Gasteiger partial charge in [0.1, 0.15) is 23.8 Å². The molecular formula is C18H17NO2S. The molecule has 2 aromatic heterocycles. The standard InChI is InChI=1S/C18H17NO2S/c1-12-16(19-18(21-12)17-6-3-9-22-17)11-20-15-8-7-13-4-2-5-14(13)10-15/h3,6-10H,2,4-5,11H2,1H3. The molecule has 0 amide bonds. The van der Waals surface area contributed by atoms with Crippen LogP contribution >= 0.6 is 11.3 Å². The maximum absolute atomic E-state index is 5.91. The molecule has 0 radical (unpaired) electrons. The zero-order chi connectivity index (χ0) is 14.9. The molecule has 0 fully saturated rings. The lowest BCUT2D eigenvalue weighted by Gasteiger charge is -2.06. The number of thiophene rings is 1. The van der Waals surface area contributed by atoms with Gasteiger partial charge in [-0.1, -0.05) is 12.1 Å². The van der Waals surface area contributed by atoms with E-state index in [9.17, 15) is 0 Å². The third-order valence-corrected chi connectivity index (χ3v) is 4.93. The van der Waals surface area contributed by atoms with Crippen molar-refractivity contribution in [3.8, 4) is 16.5 Å². The first-order valence-electron chi connectivity index (χ1n) is 7.54. The zero-order valence-corrected chi connectivity index (χ0v) is 13.3. The van der Waals surface area contributed by atoms with E-state index in [4.69, 9.17) is 9.15 Å². The minimum Gasteiger partial charge on any atom is -0.487 e. The fourth-order valence-corrected chi connectivity index (χ4v) is 3.51. The molecule has 0 bridgehead atoms. The smallest absolute Gasteiger partial charge is 0.236 e. The Morgan fingerprint density at radius 1 is 1.23 bits per heavy atom. The van der Waals surface area contributed by atoms with Crippen LogP contribution < -0.4 is 4.74 Å². The van der Waals surface area contributed by atoms with Gasteiger partial charge in [-0.05, 0) is 60.9 Å². The largest absolute Gasteiger partial charge is 0.487 e. The number of fused-ring (bicyclic) bond motifs is 1. The van der Waals surface area contributed by atoms with Crippen molar-refractivity contribution in [3.05, 3.63) is 58.3 Å². The topological polar surface area (TPSA) is 35.3 Å². The number of rotatable bonds is 4. The average Bonchev–Trinajstić information content (AvgIpc) is 3.25. The first-order chi connectivity index (χ1) is 10.8. The second kappa shape index (κ2) is 5.61. The Labute approximate surface area is 133 Å². The van der Waals surface area contributed by atoms with E-state index in [0.29, 0.717) is 12.5 Å². The van der Waals surface area contributed by atoms with Gasteiger partial charge < -0.3 is 9.15 Å². The highest BCUT2D eigenvalue weighted by atomic mass is 32.1. The van der Waals surface area contributed by atoms with Crippen molar-refractivity contribution >= 4 is 11.3 Å². The van der Waals surface area contributed by atoms with Gasteiger partial charge in [-0.2, -0.15) is 0 Å². The Morgan fingerprint density at radius 2 is 2.14 bits per heavy atom. The van der Waals surface area contributed by atoms with Crippen LogP contribution in [-0.2, 0) is 19.4 Å². The summed E-state index contributed by atoms with van der Waals surface area (Å²) < 4.78 is 11.7. The molecule has 2 heterocycles. The van der Waals surface area contributed by atoms with E-state index in [1.165, 1.54) is 24.0 Å². The van der Waals surface area contributed by atoms with Crippen molar-refractivity contribution < 1.29 is 9.15 Å². The quantitative estimate of drug-likeness (QED) is 0.695. The maximum atomic E-state index is 5.91. The van der Waals surface area contributed by atoms with E-state index in [2.05, 4.69) is 23.2 Å². The van der Waals surface area contributed by atoms with Gasteiger partial charge in [-0.3, -0.25) is 0 Å². The molecule has 0 unspecified atom stereocenters. The van der Waals surface area contributed by atoms with Gasteiger partial charge in [0.25, 0.3) is 0 Å². The van der Waals surface area contributed by atoms with Gasteiger partial charge in [-0.25, -0.2) is 4.98 Å². The summed E-state index contributed by atoms with van der Waals surface area (Å²) in [6, 6.07) is 10.4. The van der Waals surface area contributed by atoms with Gasteiger partial charge in [0.05, 0.1) is 4.88 Å². The summed E-state index contributed by atoms with van der Waals surface area (Å²) in [5.74, 6) is 2.42. The highest BCUT2D eigenvalue weighted by Crippen LogP contribution is 2.28. The number of hydrogen-bond acceptors (Lipinski definition) is 4. The monoisotopic (exact) mass is 311 g/mol. The summed E-state index contributed by atoms with van der Waals surface area (Å²) in [5.41, 5.74) is 3.75. The number of ether oxygens (including phenoxy) is 1. The molecule has 0 saturated heterocycles. The molecular weight excluding hydrogens is 294 g/mol. The molecule has 3 nitrogen and oxygen atoms in total. The predicted molar refractivity (Wildman–Crippen MR) is 87.4 cm³/mol. The number of nitrogens with zero attached hydrogens (tertiary/aromatic N) is 1. The van der Waals surface area contributed by atoms with Crippen molar-refractivity contribution in [2.24, 2.45) is 0 Å². The molecule has 0 spiro atoms. The minimum atomic E-state index is 0.444. The summed E-state index contributed by atoms with van der Waals surface area (Å²) >= 11 is 1.63. The molecule has 3 aromatic rings. The van der Waals surface area contributed by atoms with Crippen LogP contribution in [0.3, 0.4) is 0 Å². The Hall–Kier alpha value is -2.07. The third kappa shape index (κ3) is 2.55. The molecule has 112 valence electrons. The fourth-order valence-electron chi connectivity index (χ4n) is 2.86. The molecule has 4 heteroatoms. The lowest BCUT2D eigenvalue weighted by molar-refractivity contribution is 0.299. The Balaban J connectivity index is 1.50. The van der Waals surface area contributed by atoms with Crippen LogP contribution in [0.5, 0.6) is 5.75 Å². The van der Waals surface area contributed by atoms with Gasteiger partial charge in [-0.15, -0.1) is 11.3 Å². The van der Waals surface area contributed by atoms with Crippen LogP contribution in [-0.4, -0.2) is 4.98 Å². The molecule has 1 aromatic carbocycles. The number of oxazole rings is 1. The highest BCUT2D eigenvalue weighted by molar-refractivity contribution is 7.13. The number of aromatic nitrogens is 1. The summed E-state index contributed by atoms with van der Waals surface area (Å²) in [6.07, 6.45) is 3.62. The molecule has 4 rings (SSSR count). The van der Waals surface area contributed by atoms with Gasteiger partial charge in [0.15, 0.2) is 0 Å². The van der Waals surface area contributed by atoms with Crippen LogP contribution in [0.1, 0.15) is 29.0 Å². The summed E-state index contributed by atoms with van der Waals surface area (Å²) in [7, 11) is 0. The normalized spacial score (nSPS) is 13.3. The van der Waals surface area contributed by atoms with Crippen LogP contribution in [0.15, 0.2) is 40.1 Å². The van der Waals surface area contributed by atoms with Crippen LogP contribution in [0.25, 0.3) is 10.8 Å². The second-order valence-corrected chi connectivity index (χ2v) is 6.52. The number of benzene rings is 1. The highest BCUT2D eigenvalue weighted by Gasteiger charge is 2.14. The van der Waals surface area contributed by atoms with Crippen molar-refractivity contribution in [1.29, 1.82) is 0 Å². The number of hydrogen-bond donors (Lipinski definition) is 0. The molecule has 0 aliphatic heterocycles.